The summed E-state index contributed by atoms with van der Waals surface area (Å²) in [4.78, 5) is 25.3. The van der Waals surface area contributed by atoms with E-state index in [1.54, 1.807) is 14.0 Å². The van der Waals surface area contributed by atoms with Gasteiger partial charge in [0.05, 0.1) is 18.0 Å². The predicted molar refractivity (Wildman–Crippen MR) is 129 cm³/mol. The van der Waals surface area contributed by atoms with E-state index in [2.05, 4.69) is 26.1 Å². The van der Waals surface area contributed by atoms with Crippen molar-refractivity contribution < 1.29 is 14.3 Å². The van der Waals surface area contributed by atoms with Gasteiger partial charge in [0.25, 0.3) is 0 Å². The zero-order valence-electron chi connectivity index (χ0n) is 18.8. The summed E-state index contributed by atoms with van der Waals surface area (Å²) in [5.41, 5.74) is 0.674. The van der Waals surface area contributed by atoms with Gasteiger partial charge in [0.1, 0.15) is 5.75 Å². The summed E-state index contributed by atoms with van der Waals surface area (Å²) in [5, 5.41) is 17.4. The van der Waals surface area contributed by atoms with Crippen LogP contribution in [-0.4, -0.2) is 40.0 Å². The van der Waals surface area contributed by atoms with Crippen molar-refractivity contribution in [2.24, 2.45) is 17.8 Å². The van der Waals surface area contributed by atoms with Crippen LogP contribution in [0, 0.1) is 17.8 Å². The summed E-state index contributed by atoms with van der Waals surface area (Å²) < 4.78 is 5.99. The molecule has 4 saturated carbocycles. The number of carbonyl (C=O) groups excluding carboxylic acids is 2. The highest BCUT2D eigenvalue weighted by atomic mass is 32.2. The Labute approximate surface area is 201 Å². The molecular weight excluding hydrogens is 458 g/mol. The number of amides is 3. The molecule has 176 valence electrons. The fourth-order valence-electron chi connectivity index (χ4n) is 6.13. The number of thioether (sulfide) groups is 1. The maximum atomic E-state index is 12.7. The molecule has 4 fully saturated rings. The van der Waals surface area contributed by atoms with Crippen molar-refractivity contribution in [3.63, 3.8) is 0 Å². The highest BCUT2D eigenvalue weighted by Gasteiger charge is 2.51. The summed E-state index contributed by atoms with van der Waals surface area (Å²) in [7, 11) is 1.61. The van der Waals surface area contributed by atoms with E-state index in [0.717, 1.165) is 42.7 Å². The zero-order valence-corrected chi connectivity index (χ0v) is 20.4. The van der Waals surface area contributed by atoms with Gasteiger partial charge in [-0.2, -0.15) is 0 Å². The molecule has 3 N–H and O–H groups in total. The van der Waals surface area contributed by atoms with Crippen LogP contribution in [-0.2, 0) is 4.79 Å². The monoisotopic (exact) mass is 487 g/mol. The number of nitrogens with one attached hydrogen (secondary N) is 3. The largest absolute Gasteiger partial charge is 0.495 e. The van der Waals surface area contributed by atoms with Crippen LogP contribution in [0.15, 0.2) is 28.6 Å². The van der Waals surface area contributed by atoms with Gasteiger partial charge >= 0.3 is 6.03 Å². The van der Waals surface area contributed by atoms with Gasteiger partial charge in [-0.15, -0.1) is 10.2 Å². The molecule has 0 radical (unpaired) electrons. The van der Waals surface area contributed by atoms with Crippen LogP contribution in [0.4, 0.5) is 15.6 Å². The molecule has 0 spiro atoms. The van der Waals surface area contributed by atoms with Crippen LogP contribution in [0.1, 0.15) is 45.4 Å². The number of carbonyl (C=O) groups is 2. The van der Waals surface area contributed by atoms with E-state index >= 15 is 0 Å². The second kappa shape index (κ2) is 9.13. The van der Waals surface area contributed by atoms with Gasteiger partial charge in [0, 0.05) is 5.54 Å². The van der Waals surface area contributed by atoms with Crippen LogP contribution < -0.4 is 20.7 Å². The number of hydrogen-bond acceptors (Lipinski definition) is 8. The Hall–Kier alpha value is -2.33. The van der Waals surface area contributed by atoms with Gasteiger partial charge in [-0.05, 0) is 75.3 Å². The minimum absolute atomic E-state index is 0.117. The van der Waals surface area contributed by atoms with Crippen molar-refractivity contribution in [1.29, 1.82) is 0 Å². The fourth-order valence-corrected chi connectivity index (χ4v) is 8.03. The van der Waals surface area contributed by atoms with Crippen LogP contribution in [0.5, 0.6) is 5.75 Å². The molecule has 1 atom stereocenters. The third-order valence-corrected chi connectivity index (χ3v) is 9.08. The number of aromatic nitrogens is 2. The number of anilines is 2. The first kappa shape index (κ1) is 22.5. The van der Waals surface area contributed by atoms with Crippen molar-refractivity contribution in [3.05, 3.63) is 24.3 Å². The minimum Gasteiger partial charge on any atom is -0.495 e. The maximum absolute atomic E-state index is 12.7. The first-order chi connectivity index (χ1) is 15.9. The lowest BCUT2D eigenvalue weighted by molar-refractivity contribution is -0.119. The Kier molecular flexibility index (Phi) is 6.22. The summed E-state index contributed by atoms with van der Waals surface area (Å²) in [6, 6.07) is 7.18. The molecule has 2 aromatic rings. The van der Waals surface area contributed by atoms with Gasteiger partial charge in [-0.25, -0.2) is 4.79 Å². The number of benzene rings is 1. The van der Waals surface area contributed by atoms with Crippen LogP contribution in [0.2, 0.25) is 0 Å². The summed E-state index contributed by atoms with van der Waals surface area (Å²) in [6.07, 6.45) is 7.09. The van der Waals surface area contributed by atoms with Crippen molar-refractivity contribution in [2.75, 3.05) is 12.4 Å². The van der Waals surface area contributed by atoms with E-state index in [1.165, 1.54) is 42.4 Å². The third-order valence-electron chi connectivity index (χ3n) is 7.06. The lowest BCUT2D eigenvalue weighted by Crippen LogP contribution is -2.62. The van der Waals surface area contributed by atoms with Crippen LogP contribution in [0.3, 0.4) is 0 Å². The van der Waals surface area contributed by atoms with E-state index < -0.39 is 5.25 Å². The van der Waals surface area contributed by atoms with Crippen molar-refractivity contribution >= 4 is 45.9 Å². The molecule has 33 heavy (non-hydrogen) atoms. The number of methoxy groups -OCH3 is 1. The number of rotatable bonds is 7. The fraction of sp³-hybridized carbons (Fsp3) is 0.565. The van der Waals surface area contributed by atoms with Crippen molar-refractivity contribution in [2.45, 2.75) is 60.6 Å². The van der Waals surface area contributed by atoms with Crippen LogP contribution >= 0.6 is 23.1 Å². The third kappa shape index (κ3) is 4.96. The van der Waals surface area contributed by atoms with Crippen LogP contribution in [0.25, 0.3) is 0 Å². The lowest BCUT2D eigenvalue weighted by atomic mass is 9.53. The van der Waals surface area contributed by atoms with E-state index in [1.807, 2.05) is 24.3 Å². The SMILES string of the molecule is COc1ccccc1Nc1nnc(S[C@H](C)C(=O)NC(=O)NC23CC4CC(CC(C4)C2)C3)s1. The molecule has 0 aliphatic heterocycles. The Balaban J connectivity index is 1.13. The lowest BCUT2D eigenvalue weighted by Gasteiger charge is -2.56. The quantitative estimate of drug-likeness (QED) is 0.492. The first-order valence-corrected chi connectivity index (χ1v) is 13.1. The summed E-state index contributed by atoms with van der Waals surface area (Å²) in [5.74, 6) is 2.59. The smallest absolute Gasteiger partial charge is 0.321 e. The highest BCUT2D eigenvalue weighted by Crippen LogP contribution is 2.55. The summed E-state index contributed by atoms with van der Waals surface area (Å²) in [6.45, 7) is 1.77. The number of imide groups is 1. The van der Waals surface area contributed by atoms with E-state index in [0.29, 0.717) is 15.2 Å². The second-order valence-electron chi connectivity index (χ2n) is 9.60. The van der Waals surface area contributed by atoms with Crippen molar-refractivity contribution in [3.8, 4) is 5.75 Å². The maximum Gasteiger partial charge on any atom is 0.321 e. The number of nitrogens with zero attached hydrogens (tertiary/aromatic N) is 2. The second-order valence-corrected chi connectivity index (χ2v) is 12.2. The molecule has 1 aromatic carbocycles. The summed E-state index contributed by atoms with van der Waals surface area (Å²) >= 11 is 2.64. The zero-order chi connectivity index (χ0) is 23.0. The average Bonchev–Trinajstić information content (AvgIpc) is 3.19. The Morgan fingerprint density at radius 2 is 1.79 bits per heavy atom. The van der Waals surface area contributed by atoms with Gasteiger partial charge in [-0.3, -0.25) is 10.1 Å². The molecule has 4 aliphatic carbocycles. The van der Waals surface area contributed by atoms with E-state index in [9.17, 15) is 9.59 Å². The molecule has 1 aromatic heterocycles. The first-order valence-electron chi connectivity index (χ1n) is 11.4. The molecular formula is C23H29N5O3S2. The Morgan fingerprint density at radius 1 is 1.12 bits per heavy atom. The van der Waals surface area contributed by atoms with Gasteiger partial charge < -0.3 is 15.4 Å². The standard InChI is InChI=1S/C23H29N5O3S2/c1-13(32-22-28-27-21(33-22)24-17-5-3-4-6-18(17)31-2)19(29)25-20(30)26-23-10-14-7-15(11-23)9-16(8-14)12-23/h3-6,13-16H,7-12H2,1-2H3,(H,24,27)(H2,25,26,29,30)/t13-,14?,15?,16?,23?/m1/s1. The molecule has 3 amide bonds. The number of para-hydroxylation sites is 2. The molecule has 6 rings (SSSR count). The Bertz CT molecular complexity index is 1010. The highest BCUT2D eigenvalue weighted by molar-refractivity contribution is 8.02. The molecule has 10 heteroatoms. The van der Waals surface area contributed by atoms with Gasteiger partial charge in [0.15, 0.2) is 4.34 Å². The molecule has 4 aliphatic rings. The number of urea groups is 1. The van der Waals surface area contributed by atoms with Crippen molar-refractivity contribution in [1.82, 2.24) is 20.8 Å². The van der Waals surface area contributed by atoms with E-state index in [-0.39, 0.29) is 17.5 Å². The topological polar surface area (TPSA) is 105 Å². The van der Waals surface area contributed by atoms with Gasteiger partial charge in [0.2, 0.25) is 11.0 Å². The van der Waals surface area contributed by atoms with Gasteiger partial charge in [-0.1, -0.05) is 35.2 Å². The molecule has 1 heterocycles. The molecule has 4 bridgehead atoms. The van der Waals surface area contributed by atoms with E-state index in [4.69, 9.17) is 4.74 Å². The average molecular weight is 488 g/mol. The predicted octanol–water partition coefficient (Wildman–Crippen LogP) is 4.57. The molecule has 8 nitrogen and oxygen atoms in total. The molecule has 0 saturated heterocycles. The minimum atomic E-state index is -0.473. The molecule has 0 unspecified atom stereocenters. The normalized spacial score (nSPS) is 28.2. The number of ether oxygens (including phenoxy) is 1. The number of hydrogen-bond donors (Lipinski definition) is 3. The Morgan fingerprint density at radius 3 is 2.45 bits per heavy atom.